The Balaban J connectivity index is 1.47. The summed E-state index contributed by atoms with van der Waals surface area (Å²) < 4.78 is 11.4. The van der Waals surface area contributed by atoms with Gasteiger partial charge in [0.25, 0.3) is 0 Å². The molecule has 3 N–H and O–H groups in total. The molecule has 0 atom stereocenters. The first-order valence-corrected chi connectivity index (χ1v) is 11.6. The van der Waals surface area contributed by atoms with Crippen LogP contribution in [0.3, 0.4) is 0 Å². The number of nitrogens with two attached hydrogens (primary N) is 1. The van der Waals surface area contributed by atoms with Gasteiger partial charge < -0.3 is 20.2 Å². The van der Waals surface area contributed by atoms with Gasteiger partial charge in [-0.3, -0.25) is 0 Å². The van der Waals surface area contributed by atoms with Crippen LogP contribution in [0.5, 0.6) is 5.88 Å². The molecule has 5 nitrogen and oxygen atoms in total. The largest absolute Gasteiger partial charge is 0.477 e. The number of pyridine rings is 1. The molecule has 1 aliphatic heterocycles. The number of aromatic nitrogens is 1. The lowest BCUT2D eigenvalue weighted by atomic mass is 9.97. The fourth-order valence-electron chi connectivity index (χ4n) is 4.30. The highest BCUT2D eigenvalue weighted by Gasteiger charge is 2.16. The van der Waals surface area contributed by atoms with E-state index < -0.39 is 0 Å². The van der Waals surface area contributed by atoms with Crippen molar-refractivity contribution < 1.29 is 9.15 Å². The Labute approximate surface area is 194 Å². The summed E-state index contributed by atoms with van der Waals surface area (Å²) in [5.41, 5.74) is 13.2. The normalized spacial score (nSPS) is 14.3. The Morgan fingerprint density at radius 3 is 2.27 bits per heavy atom. The van der Waals surface area contributed by atoms with Gasteiger partial charge >= 0.3 is 0 Å². The van der Waals surface area contributed by atoms with Gasteiger partial charge in [0.2, 0.25) is 5.88 Å². The predicted octanol–water partition coefficient (Wildman–Crippen LogP) is 5.51. The van der Waals surface area contributed by atoms with Crippen LogP contribution in [0.2, 0.25) is 0 Å². The van der Waals surface area contributed by atoms with E-state index in [0.717, 1.165) is 65.0 Å². The van der Waals surface area contributed by atoms with Crippen molar-refractivity contribution in [3.63, 3.8) is 0 Å². The molecule has 0 aliphatic carbocycles. The number of hydrogen-bond donors (Lipinski definition) is 2. The Bertz CT molecular complexity index is 1160. The van der Waals surface area contributed by atoms with Gasteiger partial charge in [-0.25, -0.2) is 4.98 Å². The predicted molar refractivity (Wildman–Crippen MR) is 132 cm³/mol. The maximum Gasteiger partial charge on any atom is 0.213 e. The molecule has 3 heterocycles. The molecule has 168 valence electrons. The SMILES string of the molecule is NCc1ccc(-c2ccc(OCC3CCNCC3)nc2-c2ccc(-c3ccoc3)cc2)cc1. The van der Waals surface area contributed by atoms with E-state index in [1.54, 1.807) is 12.5 Å². The monoisotopic (exact) mass is 439 g/mol. The van der Waals surface area contributed by atoms with Crippen molar-refractivity contribution in [3.8, 4) is 39.4 Å². The molecule has 0 unspecified atom stereocenters. The Kier molecular flexibility index (Phi) is 6.51. The summed E-state index contributed by atoms with van der Waals surface area (Å²) in [6.45, 7) is 3.36. The van der Waals surface area contributed by atoms with Gasteiger partial charge in [-0.15, -0.1) is 0 Å². The topological polar surface area (TPSA) is 73.3 Å². The Morgan fingerprint density at radius 2 is 1.58 bits per heavy atom. The number of furan rings is 1. The molecule has 0 amide bonds. The van der Waals surface area contributed by atoms with Crippen molar-refractivity contribution in [1.29, 1.82) is 0 Å². The molecule has 0 spiro atoms. The second kappa shape index (κ2) is 10.0. The lowest BCUT2D eigenvalue weighted by Gasteiger charge is -2.22. The van der Waals surface area contributed by atoms with Crippen LogP contribution < -0.4 is 15.8 Å². The molecule has 33 heavy (non-hydrogen) atoms. The minimum absolute atomic E-state index is 0.532. The number of benzene rings is 2. The molecule has 2 aromatic carbocycles. The first-order chi connectivity index (χ1) is 16.3. The van der Waals surface area contributed by atoms with Crippen molar-refractivity contribution in [2.24, 2.45) is 11.7 Å². The first kappa shape index (κ1) is 21.4. The molecule has 5 heteroatoms. The van der Waals surface area contributed by atoms with E-state index >= 15 is 0 Å². The van der Waals surface area contributed by atoms with Gasteiger partial charge in [0.1, 0.15) is 0 Å². The third-order valence-electron chi connectivity index (χ3n) is 6.31. The highest BCUT2D eigenvalue weighted by molar-refractivity contribution is 5.82. The highest BCUT2D eigenvalue weighted by atomic mass is 16.5. The van der Waals surface area contributed by atoms with Crippen molar-refractivity contribution in [3.05, 3.63) is 84.8 Å². The summed E-state index contributed by atoms with van der Waals surface area (Å²) >= 11 is 0. The lowest BCUT2D eigenvalue weighted by molar-refractivity contribution is 0.209. The van der Waals surface area contributed by atoms with E-state index in [4.69, 9.17) is 19.9 Å². The molecule has 1 fully saturated rings. The fraction of sp³-hybridized carbons (Fsp3) is 0.250. The number of rotatable bonds is 7. The van der Waals surface area contributed by atoms with Crippen LogP contribution in [0.15, 0.2) is 83.7 Å². The number of nitrogens with one attached hydrogen (secondary N) is 1. The second-order valence-corrected chi connectivity index (χ2v) is 8.54. The maximum atomic E-state index is 6.15. The number of ether oxygens (including phenoxy) is 1. The number of nitrogens with zero attached hydrogens (tertiary/aromatic N) is 1. The number of piperidine rings is 1. The average Bonchev–Trinajstić information content (AvgIpc) is 3.43. The van der Waals surface area contributed by atoms with Crippen molar-refractivity contribution in [2.45, 2.75) is 19.4 Å². The zero-order valence-corrected chi connectivity index (χ0v) is 18.7. The summed E-state index contributed by atoms with van der Waals surface area (Å²) in [5, 5.41) is 3.41. The van der Waals surface area contributed by atoms with Crippen LogP contribution in [-0.4, -0.2) is 24.7 Å². The van der Waals surface area contributed by atoms with Gasteiger partial charge in [0.15, 0.2) is 0 Å². The molecule has 1 aliphatic rings. The molecule has 0 saturated carbocycles. The third-order valence-corrected chi connectivity index (χ3v) is 6.31. The van der Waals surface area contributed by atoms with Crippen LogP contribution in [0.25, 0.3) is 33.5 Å². The Morgan fingerprint density at radius 1 is 0.848 bits per heavy atom. The molecular weight excluding hydrogens is 410 g/mol. The fourth-order valence-corrected chi connectivity index (χ4v) is 4.30. The van der Waals surface area contributed by atoms with E-state index in [1.165, 1.54) is 0 Å². The van der Waals surface area contributed by atoms with Crippen LogP contribution >= 0.6 is 0 Å². The molecule has 5 rings (SSSR count). The summed E-state index contributed by atoms with van der Waals surface area (Å²) in [7, 11) is 0. The van der Waals surface area contributed by atoms with E-state index in [0.29, 0.717) is 24.9 Å². The van der Waals surface area contributed by atoms with E-state index in [1.807, 2.05) is 12.1 Å². The van der Waals surface area contributed by atoms with Gasteiger partial charge in [-0.05, 0) is 60.7 Å². The molecule has 0 radical (unpaired) electrons. The minimum Gasteiger partial charge on any atom is -0.477 e. The summed E-state index contributed by atoms with van der Waals surface area (Å²) in [5.74, 6) is 1.25. The third kappa shape index (κ3) is 5.00. The van der Waals surface area contributed by atoms with E-state index in [-0.39, 0.29) is 0 Å². The summed E-state index contributed by atoms with van der Waals surface area (Å²) in [6.07, 6.45) is 5.74. The standard InChI is InChI=1S/C28H29N3O2/c29-17-20-1-3-23(4-2-20)26-9-10-27(33-18-21-11-14-30-15-12-21)31-28(26)24-7-5-22(6-8-24)25-13-16-32-19-25/h1-10,13,16,19,21,30H,11-12,14-15,17-18,29H2. The molecule has 1 saturated heterocycles. The van der Waals surface area contributed by atoms with E-state index in [2.05, 4.69) is 59.9 Å². The maximum absolute atomic E-state index is 6.15. The van der Waals surface area contributed by atoms with Gasteiger partial charge in [-0.2, -0.15) is 0 Å². The van der Waals surface area contributed by atoms with Gasteiger partial charge in [-0.1, -0.05) is 48.5 Å². The van der Waals surface area contributed by atoms with Crippen molar-refractivity contribution >= 4 is 0 Å². The summed E-state index contributed by atoms with van der Waals surface area (Å²) in [4.78, 5) is 4.96. The van der Waals surface area contributed by atoms with Gasteiger partial charge in [0.05, 0.1) is 24.8 Å². The van der Waals surface area contributed by atoms with E-state index in [9.17, 15) is 0 Å². The minimum atomic E-state index is 0.532. The lowest BCUT2D eigenvalue weighted by Crippen LogP contribution is -2.30. The van der Waals surface area contributed by atoms with Crippen LogP contribution in [-0.2, 0) is 6.54 Å². The molecule has 0 bridgehead atoms. The highest BCUT2D eigenvalue weighted by Crippen LogP contribution is 2.34. The Hall–Kier alpha value is -3.41. The van der Waals surface area contributed by atoms with Crippen LogP contribution in [0.4, 0.5) is 0 Å². The van der Waals surface area contributed by atoms with Crippen molar-refractivity contribution in [2.75, 3.05) is 19.7 Å². The molecule has 4 aromatic rings. The van der Waals surface area contributed by atoms with Crippen LogP contribution in [0, 0.1) is 5.92 Å². The van der Waals surface area contributed by atoms with Crippen molar-refractivity contribution in [1.82, 2.24) is 10.3 Å². The second-order valence-electron chi connectivity index (χ2n) is 8.54. The van der Waals surface area contributed by atoms with Gasteiger partial charge in [0, 0.05) is 29.3 Å². The number of hydrogen-bond acceptors (Lipinski definition) is 5. The molecule has 2 aromatic heterocycles. The first-order valence-electron chi connectivity index (χ1n) is 11.6. The quantitative estimate of drug-likeness (QED) is 0.397. The smallest absolute Gasteiger partial charge is 0.213 e. The zero-order valence-electron chi connectivity index (χ0n) is 18.7. The average molecular weight is 440 g/mol. The summed E-state index contributed by atoms with van der Waals surface area (Å²) in [6, 6.07) is 22.8. The molecular formula is C28H29N3O2. The zero-order chi connectivity index (χ0) is 22.5. The van der Waals surface area contributed by atoms with Crippen LogP contribution in [0.1, 0.15) is 18.4 Å².